The van der Waals surface area contributed by atoms with E-state index in [0.717, 1.165) is 38.5 Å². The van der Waals surface area contributed by atoms with Crippen LogP contribution in [0.15, 0.2) is 25.3 Å². The van der Waals surface area contributed by atoms with Gasteiger partial charge in [0.25, 0.3) is 0 Å². The van der Waals surface area contributed by atoms with Gasteiger partial charge in [-0.15, -0.1) is 13.2 Å². The van der Waals surface area contributed by atoms with E-state index in [4.69, 9.17) is 9.47 Å². The molecule has 7 atom stereocenters. The summed E-state index contributed by atoms with van der Waals surface area (Å²) in [5.74, 6) is -2.36. The van der Waals surface area contributed by atoms with Crippen LogP contribution in [-0.4, -0.2) is 81.8 Å². The SMILES string of the molecule is C=CCCCOC(=O)[C@H]1[C@H]2C(=O)N([C@@H](CO)CC(C)C)C(C(=O)N(CC=C)C3CCCCC3)C23CC(C)[C@]1(C)O3. The summed E-state index contributed by atoms with van der Waals surface area (Å²) in [6, 6.07) is -1.39. The van der Waals surface area contributed by atoms with Crippen molar-refractivity contribution in [2.75, 3.05) is 19.8 Å². The van der Waals surface area contributed by atoms with Crippen LogP contribution in [0.25, 0.3) is 0 Å². The third-order valence-electron chi connectivity index (χ3n) is 10.0. The molecule has 0 radical (unpaired) electrons. The largest absolute Gasteiger partial charge is 0.465 e. The van der Waals surface area contributed by atoms with E-state index in [2.05, 4.69) is 13.2 Å². The maximum absolute atomic E-state index is 14.8. The number of esters is 1. The molecule has 3 saturated heterocycles. The van der Waals surface area contributed by atoms with Gasteiger partial charge in [-0.25, -0.2) is 0 Å². The second kappa shape index (κ2) is 12.4. The summed E-state index contributed by atoms with van der Waals surface area (Å²) in [7, 11) is 0. The molecule has 0 aromatic carbocycles. The quantitative estimate of drug-likeness (QED) is 0.206. The molecule has 3 unspecified atom stereocenters. The number of nitrogens with zero attached hydrogens (tertiary/aromatic N) is 2. The van der Waals surface area contributed by atoms with Crippen LogP contribution in [0.2, 0.25) is 0 Å². The first-order valence-corrected chi connectivity index (χ1v) is 15.4. The summed E-state index contributed by atoms with van der Waals surface area (Å²) in [4.78, 5) is 46.4. The fraction of sp³-hybridized carbons (Fsp3) is 0.781. The number of hydrogen-bond acceptors (Lipinski definition) is 6. The van der Waals surface area contributed by atoms with Gasteiger partial charge >= 0.3 is 5.97 Å². The Bertz CT molecular complexity index is 976. The monoisotopic (exact) mass is 558 g/mol. The predicted molar refractivity (Wildman–Crippen MR) is 153 cm³/mol. The van der Waals surface area contributed by atoms with Crippen LogP contribution in [-0.2, 0) is 23.9 Å². The van der Waals surface area contributed by atoms with Gasteiger partial charge in [-0.3, -0.25) is 14.4 Å². The lowest BCUT2D eigenvalue weighted by Gasteiger charge is -2.42. The highest BCUT2D eigenvalue weighted by Gasteiger charge is 2.80. The number of carbonyl (C=O) groups is 3. The van der Waals surface area contributed by atoms with Crippen LogP contribution in [0.3, 0.4) is 0 Å². The van der Waals surface area contributed by atoms with Crippen LogP contribution in [0.5, 0.6) is 0 Å². The number of likely N-dealkylation sites (tertiary alicyclic amines) is 1. The van der Waals surface area contributed by atoms with Crippen molar-refractivity contribution in [3.8, 4) is 0 Å². The van der Waals surface area contributed by atoms with Gasteiger partial charge < -0.3 is 24.4 Å². The van der Waals surface area contributed by atoms with Crippen molar-refractivity contribution in [3.05, 3.63) is 25.3 Å². The Morgan fingerprint density at radius 2 is 1.93 bits per heavy atom. The first kappa shape index (κ1) is 30.8. The van der Waals surface area contributed by atoms with Crippen LogP contribution in [0, 0.1) is 23.7 Å². The zero-order chi connectivity index (χ0) is 29.2. The topological polar surface area (TPSA) is 96.4 Å². The molecule has 2 bridgehead atoms. The third-order valence-corrected chi connectivity index (χ3v) is 10.0. The Hall–Kier alpha value is -2.19. The molecule has 4 aliphatic rings. The Morgan fingerprint density at radius 3 is 2.52 bits per heavy atom. The summed E-state index contributed by atoms with van der Waals surface area (Å²) < 4.78 is 12.6. The van der Waals surface area contributed by atoms with Gasteiger partial charge in [0.1, 0.15) is 17.6 Å². The highest BCUT2D eigenvalue weighted by Crippen LogP contribution is 2.66. The van der Waals surface area contributed by atoms with E-state index in [1.165, 1.54) is 0 Å². The summed E-state index contributed by atoms with van der Waals surface area (Å²) in [6.45, 7) is 16.1. The van der Waals surface area contributed by atoms with E-state index in [-0.39, 0.29) is 42.9 Å². The number of rotatable bonds is 13. The normalized spacial score (nSPS) is 34.1. The smallest absolute Gasteiger partial charge is 0.312 e. The van der Waals surface area contributed by atoms with Crippen LogP contribution in [0.4, 0.5) is 0 Å². The zero-order valence-corrected chi connectivity index (χ0v) is 25.0. The lowest BCUT2D eigenvalue weighted by molar-refractivity contribution is -0.164. The van der Waals surface area contributed by atoms with Crippen molar-refractivity contribution in [3.63, 3.8) is 0 Å². The van der Waals surface area contributed by atoms with E-state index in [1.54, 1.807) is 17.1 Å². The predicted octanol–water partition coefficient (Wildman–Crippen LogP) is 4.26. The van der Waals surface area contributed by atoms with Crippen LogP contribution >= 0.6 is 0 Å². The lowest BCUT2D eigenvalue weighted by Crippen LogP contribution is -2.60. The average molecular weight is 559 g/mol. The maximum atomic E-state index is 14.8. The first-order chi connectivity index (χ1) is 19.1. The maximum Gasteiger partial charge on any atom is 0.312 e. The molecule has 1 N–H and O–H groups in total. The van der Waals surface area contributed by atoms with Crippen molar-refractivity contribution in [2.45, 2.75) is 115 Å². The molecule has 224 valence electrons. The number of amides is 2. The minimum Gasteiger partial charge on any atom is -0.465 e. The van der Waals surface area contributed by atoms with E-state index in [1.807, 2.05) is 32.6 Å². The summed E-state index contributed by atoms with van der Waals surface area (Å²) in [6.07, 6.45) is 11.1. The first-order valence-electron chi connectivity index (χ1n) is 15.4. The van der Waals surface area contributed by atoms with Gasteiger partial charge in [-0.05, 0) is 57.3 Å². The summed E-state index contributed by atoms with van der Waals surface area (Å²) in [5, 5.41) is 10.5. The number of fused-ring (bicyclic) bond motifs is 1. The van der Waals surface area contributed by atoms with Gasteiger partial charge in [0, 0.05) is 12.6 Å². The van der Waals surface area contributed by atoms with Crippen molar-refractivity contribution >= 4 is 17.8 Å². The van der Waals surface area contributed by atoms with Crippen LogP contribution in [0.1, 0.15) is 85.5 Å². The third kappa shape index (κ3) is 5.15. The van der Waals surface area contributed by atoms with Crippen LogP contribution < -0.4 is 0 Å². The Balaban J connectivity index is 1.78. The number of aliphatic hydroxyl groups is 1. The number of hydrogen-bond donors (Lipinski definition) is 1. The molecular formula is C32H50N2O6. The lowest BCUT2D eigenvalue weighted by atomic mass is 9.62. The number of aliphatic hydroxyl groups excluding tert-OH is 1. The van der Waals surface area contributed by atoms with Crippen molar-refractivity contribution < 1.29 is 29.0 Å². The fourth-order valence-electron chi connectivity index (χ4n) is 8.13. The summed E-state index contributed by atoms with van der Waals surface area (Å²) in [5.41, 5.74) is -2.06. The van der Waals surface area contributed by atoms with E-state index in [0.29, 0.717) is 25.8 Å². The Morgan fingerprint density at radius 1 is 1.23 bits per heavy atom. The van der Waals surface area contributed by atoms with Crippen molar-refractivity contribution in [1.82, 2.24) is 9.80 Å². The molecule has 8 nitrogen and oxygen atoms in total. The van der Waals surface area contributed by atoms with Crippen molar-refractivity contribution in [2.24, 2.45) is 23.7 Å². The van der Waals surface area contributed by atoms with Gasteiger partial charge in [-0.2, -0.15) is 0 Å². The Labute approximate surface area is 240 Å². The molecule has 2 amide bonds. The fourth-order valence-corrected chi connectivity index (χ4v) is 8.13. The molecule has 0 aromatic heterocycles. The molecule has 40 heavy (non-hydrogen) atoms. The molecule has 3 heterocycles. The molecule has 4 fully saturated rings. The van der Waals surface area contributed by atoms with E-state index < -0.39 is 41.1 Å². The number of carbonyl (C=O) groups excluding carboxylic acids is 3. The number of allylic oxidation sites excluding steroid dienone is 1. The molecular weight excluding hydrogens is 508 g/mol. The minimum absolute atomic E-state index is 0.0577. The molecule has 3 aliphatic heterocycles. The van der Waals surface area contributed by atoms with Crippen molar-refractivity contribution in [1.29, 1.82) is 0 Å². The highest BCUT2D eigenvalue weighted by atomic mass is 16.6. The highest BCUT2D eigenvalue weighted by molar-refractivity contribution is 5.99. The average Bonchev–Trinajstić information content (AvgIpc) is 3.44. The van der Waals surface area contributed by atoms with Gasteiger partial charge in [0.2, 0.25) is 11.8 Å². The standard InChI is InChI=1S/C32H50N2O6/c1-7-9-13-17-39-30(38)26-25-28(36)34(24(20-35)18-21(3)4)27(32(25)19-22(5)31(26,6)40-32)29(37)33(16-8-2)23-14-11-10-12-15-23/h7-8,21-27,35H,1-2,9-20H2,3-6H3/t22?,24-,25+,26-,27?,31+,32?/m1/s1. The molecule has 0 aromatic rings. The van der Waals surface area contributed by atoms with Gasteiger partial charge in [0.05, 0.1) is 30.8 Å². The second-order valence-corrected chi connectivity index (χ2v) is 13.1. The molecule has 4 rings (SSSR count). The molecule has 1 aliphatic carbocycles. The molecule has 1 saturated carbocycles. The van der Waals surface area contributed by atoms with Gasteiger partial charge in [-0.1, -0.05) is 52.2 Å². The van der Waals surface area contributed by atoms with E-state index in [9.17, 15) is 19.5 Å². The van der Waals surface area contributed by atoms with E-state index >= 15 is 0 Å². The van der Waals surface area contributed by atoms with Gasteiger partial charge in [0.15, 0.2) is 0 Å². The minimum atomic E-state index is -1.15. The number of unbranched alkanes of at least 4 members (excludes halogenated alkanes) is 1. The molecule has 1 spiro atoms. The second-order valence-electron chi connectivity index (χ2n) is 13.1. The zero-order valence-electron chi connectivity index (χ0n) is 25.0. The molecule has 8 heteroatoms. The number of ether oxygens (including phenoxy) is 2. The Kier molecular flexibility index (Phi) is 9.50. The summed E-state index contributed by atoms with van der Waals surface area (Å²) >= 11 is 0.